The molecule has 37 heavy (non-hydrogen) atoms. The van der Waals surface area contributed by atoms with Crippen LogP contribution in [-0.4, -0.2) is 29.3 Å². The number of aryl methyl sites for hydroxylation is 1. The summed E-state index contributed by atoms with van der Waals surface area (Å²) in [6.07, 6.45) is 2.17. The third-order valence-electron chi connectivity index (χ3n) is 6.55. The van der Waals surface area contributed by atoms with Gasteiger partial charge in [0.15, 0.2) is 0 Å². The first kappa shape index (κ1) is 26.4. The van der Waals surface area contributed by atoms with Crippen molar-refractivity contribution in [3.05, 3.63) is 119 Å². The van der Waals surface area contributed by atoms with E-state index >= 15 is 0 Å². The van der Waals surface area contributed by atoms with Crippen molar-refractivity contribution in [3.8, 4) is 0 Å². The molecule has 5 heteroatoms. The van der Waals surface area contributed by atoms with Crippen molar-refractivity contribution >= 4 is 34.2 Å². The quantitative estimate of drug-likeness (QED) is 0.246. The lowest BCUT2D eigenvalue weighted by Gasteiger charge is -2.32. The lowest BCUT2D eigenvalue weighted by atomic mass is 9.99. The van der Waals surface area contributed by atoms with Crippen LogP contribution in [0.3, 0.4) is 0 Å². The molecule has 0 aliphatic heterocycles. The second kappa shape index (κ2) is 13.1. The molecular formula is C32H33ClN2O2. The van der Waals surface area contributed by atoms with E-state index < -0.39 is 6.04 Å². The molecule has 4 aromatic rings. The zero-order valence-corrected chi connectivity index (χ0v) is 22.0. The predicted octanol–water partition coefficient (Wildman–Crippen LogP) is 6.59. The van der Waals surface area contributed by atoms with E-state index in [2.05, 4.69) is 29.6 Å². The molecule has 0 unspecified atom stereocenters. The van der Waals surface area contributed by atoms with Crippen molar-refractivity contribution in [2.24, 2.45) is 0 Å². The fourth-order valence-electron chi connectivity index (χ4n) is 4.65. The Morgan fingerprint density at radius 3 is 2.35 bits per heavy atom. The van der Waals surface area contributed by atoms with Gasteiger partial charge in [0.25, 0.3) is 0 Å². The average Bonchev–Trinajstić information content (AvgIpc) is 2.93. The first-order valence-corrected chi connectivity index (χ1v) is 13.2. The second-order valence-corrected chi connectivity index (χ2v) is 9.72. The fourth-order valence-corrected chi connectivity index (χ4v) is 4.86. The van der Waals surface area contributed by atoms with Crippen molar-refractivity contribution in [2.45, 2.75) is 45.2 Å². The molecule has 0 aliphatic carbocycles. The van der Waals surface area contributed by atoms with Crippen molar-refractivity contribution in [1.29, 1.82) is 0 Å². The summed E-state index contributed by atoms with van der Waals surface area (Å²) in [5, 5.41) is 5.94. The first-order chi connectivity index (χ1) is 18.0. The smallest absolute Gasteiger partial charge is 0.243 e. The van der Waals surface area contributed by atoms with Gasteiger partial charge in [0.1, 0.15) is 6.04 Å². The number of amides is 2. The summed E-state index contributed by atoms with van der Waals surface area (Å²) in [6.45, 7) is 2.90. The molecule has 4 rings (SSSR count). The normalized spacial score (nSPS) is 11.7. The predicted molar refractivity (Wildman–Crippen MR) is 152 cm³/mol. The van der Waals surface area contributed by atoms with Gasteiger partial charge in [-0.3, -0.25) is 9.59 Å². The number of carbonyl (C=O) groups excluding carboxylic acids is 2. The Bertz CT molecular complexity index is 1330. The van der Waals surface area contributed by atoms with Crippen molar-refractivity contribution < 1.29 is 9.59 Å². The van der Waals surface area contributed by atoms with E-state index in [1.807, 2.05) is 79.7 Å². The highest BCUT2D eigenvalue weighted by atomic mass is 35.5. The molecule has 0 fully saturated rings. The molecule has 190 valence electrons. The van der Waals surface area contributed by atoms with Crippen molar-refractivity contribution in [3.63, 3.8) is 0 Å². The van der Waals surface area contributed by atoms with Crippen LogP contribution < -0.4 is 5.32 Å². The Hall–Kier alpha value is -3.63. The van der Waals surface area contributed by atoms with E-state index in [1.165, 1.54) is 0 Å². The fraction of sp³-hybridized carbons (Fsp3) is 0.250. The van der Waals surface area contributed by atoms with Gasteiger partial charge in [-0.15, -0.1) is 0 Å². The molecule has 0 aromatic heterocycles. The van der Waals surface area contributed by atoms with Crippen LogP contribution in [0, 0.1) is 0 Å². The van der Waals surface area contributed by atoms with Crippen LogP contribution in [0.1, 0.15) is 36.5 Å². The maximum absolute atomic E-state index is 13.9. The number of hydrogen-bond acceptors (Lipinski definition) is 2. The van der Waals surface area contributed by atoms with E-state index in [0.717, 1.165) is 33.9 Å². The zero-order chi connectivity index (χ0) is 26.0. The topological polar surface area (TPSA) is 49.4 Å². The van der Waals surface area contributed by atoms with Crippen LogP contribution in [-0.2, 0) is 29.0 Å². The number of benzene rings is 4. The van der Waals surface area contributed by atoms with Crippen LogP contribution in [0.4, 0.5) is 0 Å². The lowest BCUT2D eigenvalue weighted by molar-refractivity contribution is -0.141. The Morgan fingerprint density at radius 2 is 1.57 bits per heavy atom. The Balaban J connectivity index is 1.63. The maximum Gasteiger partial charge on any atom is 0.243 e. The number of nitrogens with one attached hydrogen (secondary N) is 1. The number of nitrogens with zero attached hydrogens (tertiary/aromatic N) is 1. The lowest BCUT2D eigenvalue weighted by Crippen LogP contribution is -2.50. The molecule has 1 atom stereocenters. The van der Waals surface area contributed by atoms with Crippen LogP contribution in [0.25, 0.3) is 10.8 Å². The molecule has 2 amide bonds. The highest BCUT2D eigenvalue weighted by Crippen LogP contribution is 2.22. The summed E-state index contributed by atoms with van der Waals surface area (Å²) in [5.74, 6) is -0.188. The second-order valence-electron chi connectivity index (χ2n) is 9.29. The van der Waals surface area contributed by atoms with Crippen LogP contribution in [0.15, 0.2) is 97.1 Å². The van der Waals surface area contributed by atoms with Gasteiger partial charge in [0.05, 0.1) is 0 Å². The molecule has 0 radical (unpaired) electrons. The van der Waals surface area contributed by atoms with Crippen LogP contribution in [0.5, 0.6) is 0 Å². The molecule has 0 heterocycles. The largest absolute Gasteiger partial charge is 0.354 e. The minimum atomic E-state index is -0.632. The zero-order valence-electron chi connectivity index (χ0n) is 21.2. The van der Waals surface area contributed by atoms with E-state index in [1.54, 1.807) is 4.90 Å². The molecule has 0 spiro atoms. The van der Waals surface area contributed by atoms with Gasteiger partial charge in [-0.1, -0.05) is 103 Å². The summed E-state index contributed by atoms with van der Waals surface area (Å²) >= 11 is 6.26. The molecule has 4 aromatic carbocycles. The summed E-state index contributed by atoms with van der Waals surface area (Å²) in [7, 11) is 0. The summed E-state index contributed by atoms with van der Waals surface area (Å²) < 4.78 is 0. The Morgan fingerprint density at radius 1 is 0.865 bits per heavy atom. The number of halogens is 1. The standard InChI is InChI=1S/C32H33ClN2O2/c1-2-20-34-32(37)30(22-24-10-4-3-5-11-24)35(23-25-12-8-16-28(33)21-25)31(36)19-18-27-15-9-14-26-13-6-7-17-29(26)27/h3-17,21,30H,2,18-20,22-23H2,1H3,(H,34,37)/t30-/m1/s1. The Kier molecular flexibility index (Phi) is 9.34. The number of hydrogen-bond donors (Lipinski definition) is 1. The van der Waals surface area contributed by atoms with Crippen molar-refractivity contribution in [1.82, 2.24) is 10.2 Å². The van der Waals surface area contributed by atoms with Gasteiger partial charge < -0.3 is 10.2 Å². The van der Waals surface area contributed by atoms with Gasteiger partial charge in [-0.2, -0.15) is 0 Å². The summed E-state index contributed by atoms with van der Waals surface area (Å²) in [5.41, 5.74) is 3.04. The number of fused-ring (bicyclic) bond motifs is 1. The van der Waals surface area contributed by atoms with Crippen molar-refractivity contribution in [2.75, 3.05) is 6.54 Å². The molecule has 0 aliphatic rings. The van der Waals surface area contributed by atoms with Gasteiger partial charge in [-0.05, 0) is 52.4 Å². The molecule has 1 N–H and O–H groups in total. The summed E-state index contributed by atoms with van der Waals surface area (Å²) in [6, 6.07) is 31.1. The van der Waals surface area contributed by atoms with Gasteiger partial charge in [0, 0.05) is 31.0 Å². The summed E-state index contributed by atoms with van der Waals surface area (Å²) in [4.78, 5) is 29.0. The number of rotatable bonds is 11. The molecular weight excluding hydrogens is 480 g/mol. The third kappa shape index (κ3) is 7.21. The van der Waals surface area contributed by atoms with E-state index in [-0.39, 0.29) is 11.8 Å². The van der Waals surface area contributed by atoms with Crippen LogP contribution in [0.2, 0.25) is 5.02 Å². The van der Waals surface area contributed by atoms with Gasteiger partial charge >= 0.3 is 0 Å². The van der Waals surface area contributed by atoms with E-state index in [0.29, 0.717) is 37.4 Å². The molecule has 0 saturated carbocycles. The van der Waals surface area contributed by atoms with E-state index in [4.69, 9.17) is 11.6 Å². The highest BCUT2D eigenvalue weighted by molar-refractivity contribution is 6.30. The maximum atomic E-state index is 13.9. The Labute approximate surface area is 224 Å². The van der Waals surface area contributed by atoms with Gasteiger partial charge in [0.2, 0.25) is 11.8 Å². The minimum Gasteiger partial charge on any atom is -0.354 e. The third-order valence-corrected chi connectivity index (χ3v) is 6.79. The van der Waals surface area contributed by atoms with E-state index in [9.17, 15) is 9.59 Å². The average molecular weight is 513 g/mol. The van der Waals surface area contributed by atoms with Gasteiger partial charge in [-0.25, -0.2) is 0 Å². The monoisotopic (exact) mass is 512 g/mol. The van der Waals surface area contributed by atoms with Crippen LogP contribution >= 0.6 is 11.6 Å². The first-order valence-electron chi connectivity index (χ1n) is 12.9. The highest BCUT2D eigenvalue weighted by Gasteiger charge is 2.30. The number of carbonyl (C=O) groups is 2. The molecule has 0 saturated heterocycles. The SMILES string of the molecule is CCCNC(=O)[C@@H](Cc1ccccc1)N(Cc1cccc(Cl)c1)C(=O)CCc1cccc2ccccc12. The minimum absolute atomic E-state index is 0.0551. The molecule has 4 nitrogen and oxygen atoms in total. The molecule has 0 bridgehead atoms.